The van der Waals surface area contributed by atoms with Gasteiger partial charge in [0.15, 0.2) is 0 Å². The normalized spacial score (nSPS) is 18.8. The van der Waals surface area contributed by atoms with Crippen molar-refractivity contribution in [3.8, 4) is 11.1 Å². The fourth-order valence-corrected chi connectivity index (χ4v) is 7.05. The largest absolute Gasteiger partial charge is 0.444 e. The summed E-state index contributed by atoms with van der Waals surface area (Å²) in [7, 11) is 0. The van der Waals surface area contributed by atoms with Crippen molar-refractivity contribution in [2.75, 3.05) is 18.4 Å². The molecule has 2 aliphatic heterocycles. The van der Waals surface area contributed by atoms with E-state index < -0.39 is 5.60 Å². The lowest BCUT2D eigenvalue weighted by Gasteiger charge is -2.41. The first-order valence-corrected chi connectivity index (χ1v) is 15.6. The fourth-order valence-electron chi connectivity index (χ4n) is 6.40. The van der Waals surface area contributed by atoms with E-state index in [1.807, 2.05) is 79.7 Å². The van der Waals surface area contributed by atoms with Crippen molar-refractivity contribution in [2.24, 2.45) is 0 Å². The first kappa shape index (κ1) is 27.7. The van der Waals surface area contributed by atoms with E-state index in [2.05, 4.69) is 26.3 Å². The Labute approximate surface area is 254 Å². The number of piperazine rings is 1. The number of nitrogens with one attached hydrogen (secondary N) is 1. The van der Waals surface area contributed by atoms with Gasteiger partial charge >= 0.3 is 6.09 Å². The highest BCUT2D eigenvalue weighted by atomic mass is 32.1. The van der Waals surface area contributed by atoms with Crippen LogP contribution in [0.2, 0.25) is 0 Å². The van der Waals surface area contributed by atoms with Gasteiger partial charge in [-0.25, -0.2) is 14.2 Å². The van der Waals surface area contributed by atoms with Crippen molar-refractivity contribution < 1.29 is 13.9 Å². The molecule has 0 spiro atoms. The molecule has 2 bridgehead atoms. The predicted octanol–water partition coefficient (Wildman–Crippen LogP) is 7.98. The van der Waals surface area contributed by atoms with Gasteiger partial charge in [-0.2, -0.15) is 0 Å². The number of hydrogen-bond donors (Lipinski definition) is 1. The highest BCUT2D eigenvalue weighted by molar-refractivity contribution is 7.16. The summed E-state index contributed by atoms with van der Waals surface area (Å²) in [6.45, 7) is 7.87. The van der Waals surface area contributed by atoms with Gasteiger partial charge in [-0.15, -0.1) is 11.3 Å². The molecule has 2 atom stereocenters. The fraction of sp³-hybridized carbons (Fsp3) is 0.324. The Balaban J connectivity index is 1.08. The minimum atomic E-state index is -0.511. The van der Waals surface area contributed by atoms with Crippen LogP contribution < -0.4 is 5.32 Å². The van der Waals surface area contributed by atoms with Crippen molar-refractivity contribution in [1.29, 1.82) is 0 Å². The maximum Gasteiger partial charge on any atom is 0.410 e. The van der Waals surface area contributed by atoms with Gasteiger partial charge < -0.3 is 10.1 Å². The molecule has 2 aliphatic rings. The molecule has 5 aromatic rings. The van der Waals surface area contributed by atoms with Gasteiger partial charge in [0, 0.05) is 60.2 Å². The van der Waals surface area contributed by atoms with Gasteiger partial charge in [-0.1, -0.05) is 18.2 Å². The second-order valence-corrected chi connectivity index (χ2v) is 13.4. The Kier molecular flexibility index (Phi) is 7.02. The molecule has 9 heteroatoms. The Morgan fingerprint density at radius 2 is 1.81 bits per heavy atom. The number of anilines is 2. The number of fused-ring (bicyclic) bond motifs is 4. The third-order valence-corrected chi connectivity index (χ3v) is 9.07. The maximum atomic E-state index is 15.6. The summed E-state index contributed by atoms with van der Waals surface area (Å²) >= 11 is 1.62. The smallest absolute Gasteiger partial charge is 0.410 e. The molecule has 0 aliphatic carbocycles. The Morgan fingerprint density at radius 3 is 2.58 bits per heavy atom. The molecule has 0 radical (unpaired) electrons. The Morgan fingerprint density at radius 1 is 1.00 bits per heavy atom. The molecule has 1 N–H and O–H groups in total. The number of rotatable bonds is 5. The van der Waals surface area contributed by atoms with Crippen molar-refractivity contribution in [3.63, 3.8) is 0 Å². The molecule has 43 heavy (non-hydrogen) atoms. The van der Waals surface area contributed by atoms with Crippen LogP contribution in [0.3, 0.4) is 0 Å². The van der Waals surface area contributed by atoms with E-state index in [-0.39, 0.29) is 24.0 Å². The summed E-state index contributed by atoms with van der Waals surface area (Å²) < 4.78 is 22.4. The predicted molar refractivity (Wildman–Crippen MR) is 170 cm³/mol. The number of hydrogen-bond acceptors (Lipinski definition) is 7. The van der Waals surface area contributed by atoms with E-state index in [0.717, 1.165) is 69.6 Å². The third kappa shape index (κ3) is 5.67. The number of amides is 1. The van der Waals surface area contributed by atoms with E-state index in [9.17, 15) is 4.79 Å². The van der Waals surface area contributed by atoms with Gasteiger partial charge in [0.1, 0.15) is 11.4 Å². The van der Waals surface area contributed by atoms with Crippen molar-refractivity contribution in [1.82, 2.24) is 19.8 Å². The lowest BCUT2D eigenvalue weighted by atomic mass is 10.00. The molecule has 1 amide bonds. The summed E-state index contributed by atoms with van der Waals surface area (Å²) in [5, 5.41) is 4.42. The minimum absolute atomic E-state index is 0.134. The number of nitrogens with zero attached hydrogens (tertiary/aromatic N) is 4. The average Bonchev–Trinajstić information content (AvgIpc) is 3.54. The molecule has 2 saturated heterocycles. The number of thiazole rings is 1. The zero-order valence-electron chi connectivity index (χ0n) is 24.5. The number of ether oxygens (including phenoxy) is 1. The summed E-state index contributed by atoms with van der Waals surface area (Å²) in [6.07, 6.45) is 3.50. The van der Waals surface area contributed by atoms with Gasteiger partial charge in [-0.3, -0.25) is 14.8 Å². The highest BCUT2D eigenvalue weighted by Crippen LogP contribution is 2.34. The first-order chi connectivity index (χ1) is 20.7. The standard InChI is InChI=1S/C34H34FN5O2S/c1-34(2,3)42-33(41)40-24-7-8-25(40)19-39(18-24)17-21-4-9-26(28(35)14-21)22-5-10-29-27(15-22)30(12-13-36-29)38-23-6-11-32-31(16-23)37-20-43-32/h4-6,9-16,20,24-25H,7-8,17-19H2,1-3H3,(H,36,38)/t24-,25+. The first-order valence-electron chi connectivity index (χ1n) is 14.7. The number of halogens is 1. The van der Waals surface area contributed by atoms with Gasteiger partial charge in [0.2, 0.25) is 0 Å². The lowest BCUT2D eigenvalue weighted by molar-refractivity contribution is -0.00542. The highest BCUT2D eigenvalue weighted by Gasteiger charge is 2.44. The Hall–Kier alpha value is -4.08. The molecule has 0 saturated carbocycles. The van der Waals surface area contributed by atoms with Crippen LogP contribution in [0.5, 0.6) is 0 Å². The van der Waals surface area contributed by atoms with Gasteiger partial charge in [0.25, 0.3) is 0 Å². The van der Waals surface area contributed by atoms with Gasteiger partial charge in [-0.05, 0) is 87.2 Å². The van der Waals surface area contributed by atoms with E-state index >= 15 is 4.39 Å². The van der Waals surface area contributed by atoms with Crippen LogP contribution in [0, 0.1) is 5.82 Å². The number of carbonyl (C=O) groups is 1. The SMILES string of the molecule is CC(C)(C)OC(=O)N1[C@@H]2CC[C@H]1CN(Cc1ccc(-c3ccc4nccc(Nc5ccc6scnc6c5)c4c3)c(F)c1)C2. The molecule has 7 nitrogen and oxygen atoms in total. The van der Waals surface area contributed by atoms with Crippen molar-refractivity contribution >= 4 is 49.9 Å². The third-order valence-electron chi connectivity index (χ3n) is 8.26. The zero-order chi connectivity index (χ0) is 29.7. The Bertz CT molecular complexity index is 1820. The molecule has 7 rings (SSSR count). The van der Waals surface area contributed by atoms with Crippen LogP contribution in [0.1, 0.15) is 39.2 Å². The molecular formula is C34H34FN5O2S. The van der Waals surface area contributed by atoms with Crippen molar-refractivity contribution in [3.05, 3.63) is 83.8 Å². The van der Waals surface area contributed by atoms with E-state index in [1.165, 1.54) is 0 Å². The second kappa shape index (κ2) is 10.9. The number of benzene rings is 3. The second-order valence-electron chi connectivity index (χ2n) is 12.5. The summed E-state index contributed by atoms with van der Waals surface area (Å²) in [5.41, 5.74) is 7.24. The monoisotopic (exact) mass is 595 g/mol. The molecule has 0 unspecified atom stereocenters. The van der Waals surface area contributed by atoms with Gasteiger partial charge in [0.05, 0.1) is 21.2 Å². The van der Waals surface area contributed by atoms with E-state index in [4.69, 9.17) is 4.74 Å². The number of carbonyl (C=O) groups excluding carboxylic acids is 1. The molecule has 2 aromatic heterocycles. The van der Waals surface area contributed by atoms with Crippen LogP contribution in [0.4, 0.5) is 20.6 Å². The quantitative estimate of drug-likeness (QED) is 0.222. The molecule has 3 aromatic carbocycles. The van der Waals surface area contributed by atoms with Crippen LogP contribution in [0.15, 0.2) is 72.4 Å². The van der Waals surface area contributed by atoms with Crippen LogP contribution in [-0.4, -0.2) is 56.6 Å². The number of likely N-dealkylation sites (tertiary alicyclic amines) is 1. The maximum absolute atomic E-state index is 15.6. The lowest BCUT2D eigenvalue weighted by Crippen LogP contribution is -2.56. The van der Waals surface area contributed by atoms with E-state index in [0.29, 0.717) is 12.1 Å². The average molecular weight is 596 g/mol. The minimum Gasteiger partial charge on any atom is -0.444 e. The summed E-state index contributed by atoms with van der Waals surface area (Å²) in [5.74, 6) is -0.250. The summed E-state index contributed by atoms with van der Waals surface area (Å²) in [6, 6.07) is 19.7. The van der Waals surface area contributed by atoms with Crippen molar-refractivity contribution in [2.45, 2.75) is 57.8 Å². The zero-order valence-corrected chi connectivity index (χ0v) is 25.3. The van der Waals surface area contributed by atoms with Crippen LogP contribution in [0.25, 0.3) is 32.2 Å². The number of pyridine rings is 1. The number of aromatic nitrogens is 2. The molecule has 220 valence electrons. The molecule has 2 fully saturated rings. The molecule has 4 heterocycles. The summed E-state index contributed by atoms with van der Waals surface area (Å²) in [4.78, 5) is 26.0. The molecular weight excluding hydrogens is 561 g/mol. The van der Waals surface area contributed by atoms with Crippen LogP contribution in [-0.2, 0) is 11.3 Å². The van der Waals surface area contributed by atoms with E-state index in [1.54, 1.807) is 23.6 Å². The van der Waals surface area contributed by atoms with Crippen LogP contribution >= 0.6 is 11.3 Å². The topological polar surface area (TPSA) is 70.6 Å².